The maximum absolute atomic E-state index is 13.1. The number of hydrogen-bond donors (Lipinski definition) is 0. The van der Waals surface area contributed by atoms with Crippen LogP contribution in [0.1, 0.15) is 35.1 Å². The average molecular weight is 372 g/mol. The van der Waals surface area contributed by atoms with E-state index < -0.39 is 0 Å². The minimum absolute atomic E-state index is 0.0115. The minimum atomic E-state index is 0.0115. The predicted octanol–water partition coefficient (Wildman–Crippen LogP) is 4.03. The Morgan fingerprint density at radius 1 is 1.00 bits per heavy atom. The molecule has 0 saturated carbocycles. The van der Waals surface area contributed by atoms with Crippen LogP contribution in [0.15, 0.2) is 71.5 Å². The van der Waals surface area contributed by atoms with Gasteiger partial charge in [-0.3, -0.25) is 9.36 Å². The number of carbonyl (C=O) groups is 1. The van der Waals surface area contributed by atoms with Crippen molar-refractivity contribution in [3.05, 3.63) is 78.7 Å². The van der Waals surface area contributed by atoms with Crippen molar-refractivity contribution in [1.29, 1.82) is 0 Å². The smallest absolute Gasteiger partial charge is 0.272 e. The van der Waals surface area contributed by atoms with Crippen molar-refractivity contribution in [2.45, 2.75) is 18.8 Å². The summed E-state index contributed by atoms with van der Waals surface area (Å²) in [6.45, 7) is 1.37. The Hall–Kier alpha value is -3.41. The van der Waals surface area contributed by atoms with E-state index in [0.29, 0.717) is 18.8 Å². The molecule has 0 radical (unpaired) electrons. The monoisotopic (exact) mass is 372 g/mol. The van der Waals surface area contributed by atoms with E-state index in [1.807, 2.05) is 64.1 Å². The highest BCUT2D eigenvalue weighted by Gasteiger charge is 2.29. The first-order valence-corrected chi connectivity index (χ1v) is 9.52. The zero-order valence-corrected chi connectivity index (χ0v) is 15.4. The number of nitrogens with zero attached hydrogens (tertiary/aromatic N) is 4. The maximum Gasteiger partial charge on any atom is 0.272 e. The Labute approximate surface area is 162 Å². The van der Waals surface area contributed by atoms with Crippen LogP contribution in [0.2, 0.25) is 0 Å². The molecule has 6 nitrogen and oxygen atoms in total. The van der Waals surface area contributed by atoms with Crippen LogP contribution in [0.4, 0.5) is 0 Å². The first kappa shape index (κ1) is 16.7. The van der Waals surface area contributed by atoms with Gasteiger partial charge in [0.2, 0.25) is 0 Å². The number of hydrogen-bond acceptors (Lipinski definition) is 4. The fraction of sp³-hybridized carbons (Fsp3) is 0.227. The van der Waals surface area contributed by atoms with Crippen LogP contribution in [0.5, 0.6) is 0 Å². The van der Waals surface area contributed by atoms with E-state index in [1.54, 1.807) is 12.5 Å². The summed E-state index contributed by atoms with van der Waals surface area (Å²) in [6.07, 6.45) is 5.02. The molecular weight excluding hydrogens is 352 g/mol. The molecule has 0 atom stereocenters. The summed E-state index contributed by atoms with van der Waals surface area (Å²) in [6, 6.07) is 17.6. The molecule has 2 aromatic heterocycles. The van der Waals surface area contributed by atoms with Crippen molar-refractivity contribution in [3.8, 4) is 5.69 Å². The molecule has 1 fully saturated rings. The highest BCUT2D eigenvalue weighted by atomic mass is 16.3. The Bertz CT molecular complexity index is 1070. The first-order chi connectivity index (χ1) is 13.8. The van der Waals surface area contributed by atoms with E-state index in [2.05, 4.69) is 9.97 Å². The zero-order valence-electron chi connectivity index (χ0n) is 15.4. The Balaban J connectivity index is 1.31. The minimum Gasteiger partial charge on any atom is -0.440 e. The quantitative estimate of drug-likeness (QED) is 0.545. The standard InChI is InChI=1S/C22H20N4O2/c27-22(19-14-23-15-26(19)17-6-2-1-3-7-17)25-12-10-16(11-13-25)21-24-18-8-4-5-9-20(18)28-21/h1-9,14-16H,10-13H2. The van der Waals surface area contributed by atoms with Gasteiger partial charge < -0.3 is 9.32 Å². The second kappa shape index (κ2) is 6.96. The molecular formula is C22H20N4O2. The van der Waals surface area contributed by atoms with Gasteiger partial charge in [0.15, 0.2) is 11.5 Å². The molecule has 140 valence electrons. The Morgan fingerprint density at radius 3 is 2.54 bits per heavy atom. The van der Waals surface area contributed by atoms with E-state index in [0.717, 1.165) is 35.5 Å². The van der Waals surface area contributed by atoms with E-state index >= 15 is 0 Å². The summed E-state index contributed by atoms with van der Waals surface area (Å²) in [4.78, 5) is 23.8. The van der Waals surface area contributed by atoms with Gasteiger partial charge in [-0.2, -0.15) is 0 Å². The van der Waals surface area contributed by atoms with Gasteiger partial charge in [-0.05, 0) is 37.1 Å². The van der Waals surface area contributed by atoms with Crippen LogP contribution >= 0.6 is 0 Å². The number of imidazole rings is 1. The lowest BCUT2D eigenvalue weighted by molar-refractivity contribution is 0.0698. The molecule has 1 saturated heterocycles. The third kappa shape index (κ3) is 2.97. The molecule has 4 aromatic rings. The normalized spacial score (nSPS) is 15.2. The van der Waals surface area contributed by atoms with Crippen molar-refractivity contribution in [1.82, 2.24) is 19.4 Å². The topological polar surface area (TPSA) is 64.2 Å². The fourth-order valence-electron chi connectivity index (χ4n) is 3.80. The van der Waals surface area contributed by atoms with E-state index in [-0.39, 0.29) is 11.8 Å². The van der Waals surface area contributed by atoms with Gasteiger partial charge in [0.05, 0.1) is 12.5 Å². The van der Waals surface area contributed by atoms with Gasteiger partial charge in [0.1, 0.15) is 11.2 Å². The molecule has 1 aliphatic rings. The molecule has 1 amide bonds. The number of aromatic nitrogens is 3. The fourth-order valence-corrected chi connectivity index (χ4v) is 3.80. The van der Waals surface area contributed by atoms with Crippen LogP contribution in [0.25, 0.3) is 16.8 Å². The number of likely N-dealkylation sites (tertiary alicyclic amines) is 1. The summed E-state index contributed by atoms with van der Waals surface area (Å²) >= 11 is 0. The lowest BCUT2D eigenvalue weighted by Gasteiger charge is -2.30. The largest absolute Gasteiger partial charge is 0.440 e. The van der Waals surface area contributed by atoms with Gasteiger partial charge in [0, 0.05) is 24.7 Å². The van der Waals surface area contributed by atoms with E-state index in [1.165, 1.54) is 0 Å². The summed E-state index contributed by atoms with van der Waals surface area (Å²) in [5.41, 5.74) is 3.24. The highest BCUT2D eigenvalue weighted by Crippen LogP contribution is 2.30. The van der Waals surface area contributed by atoms with Gasteiger partial charge >= 0.3 is 0 Å². The van der Waals surface area contributed by atoms with Crippen molar-refractivity contribution in [3.63, 3.8) is 0 Å². The summed E-state index contributed by atoms with van der Waals surface area (Å²) in [5, 5.41) is 0. The number of fused-ring (bicyclic) bond motifs is 1. The molecule has 6 heteroatoms. The van der Waals surface area contributed by atoms with Crippen molar-refractivity contribution in [2.24, 2.45) is 0 Å². The predicted molar refractivity (Wildman–Crippen MR) is 105 cm³/mol. The molecule has 3 heterocycles. The lowest BCUT2D eigenvalue weighted by Crippen LogP contribution is -2.38. The summed E-state index contributed by atoms with van der Waals surface area (Å²) in [5.74, 6) is 1.04. The Kier molecular flexibility index (Phi) is 4.16. The van der Waals surface area contributed by atoms with Gasteiger partial charge in [-0.15, -0.1) is 0 Å². The molecule has 0 unspecified atom stereocenters. The maximum atomic E-state index is 13.1. The van der Waals surface area contributed by atoms with Gasteiger partial charge in [-0.1, -0.05) is 30.3 Å². The molecule has 0 N–H and O–H groups in total. The average Bonchev–Trinajstić information content (AvgIpc) is 3.41. The molecule has 2 aromatic carbocycles. The van der Waals surface area contributed by atoms with Crippen molar-refractivity contribution < 1.29 is 9.21 Å². The number of benzene rings is 2. The summed E-state index contributed by atoms with van der Waals surface area (Å²) < 4.78 is 7.77. The number of carbonyl (C=O) groups excluding carboxylic acids is 1. The molecule has 0 bridgehead atoms. The number of para-hydroxylation sites is 3. The van der Waals surface area contributed by atoms with Crippen LogP contribution < -0.4 is 0 Å². The number of amides is 1. The number of rotatable bonds is 3. The van der Waals surface area contributed by atoms with Gasteiger partial charge in [-0.25, -0.2) is 9.97 Å². The van der Waals surface area contributed by atoms with Crippen LogP contribution in [-0.4, -0.2) is 38.4 Å². The Morgan fingerprint density at radius 2 is 1.75 bits per heavy atom. The SMILES string of the molecule is O=C(c1cncn1-c1ccccc1)N1CCC(c2nc3ccccc3o2)CC1. The van der Waals surface area contributed by atoms with Crippen molar-refractivity contribution >= 4 is 17.0 Å². The second-order valence-electron chi connectivity index (χ2n) is 7.07. The van der Waals surface area contributed by atoms with E-state index in [9.17, 15) is 4.79 Å². The highest BCUT2D eigenvalue weighted by molar-refractivity contribution is 5.93. The molecule has 0 aliphatic carbocycles. The third-order valence-corrected chi connectivity index (χ3v) is 5.33. The second-order valence-corrected chi connectivity index (χ2v) is 7.07. The zero-order chi connectivity index (χ0) is 18.9. The van der Waals surface area contributed by atoms with Crippen molar-refractivity contribution in [2.75, 3.05) is 13.1 Å². The lowest BCUT2D eigenvalue weighted by atomic mass is 9.96. The van der Waals surface area contributed by atoms with Crippen LogP contribution in [-0.2, 0) is 0 Å². The number of piperidine rings is 1. The molecule has 0 spiro atoms. The summed E-state index contributed by atoms with van der Waals surface area (Å²) in [7, 11) is 0. The molecule has 28 heavy (non-hydrogen) atoms. The molecule has 5 rings (SSSR count). The number of oxazole rings is 1. The first-order valence-electron chi connectivity index (χ1n) is 9.52. The molecule has 1 aliphatic heterocycles. The van der Waals surface area contributed by atoms with E-state index in [4.69, 9.17) is 4.42 Å². The van der Waals surface area contributed by atoms with Crippen LogP contribution in [0, 0.1) is 0 Å². The van der Waals surface area contributed by atoms with Gasteiger partial charge in [0.25, 0.3) is 5.91 Å². The third-order valence-electron chi connectivity index (χ3n) is 5.33. The van der Waals surface area contributed by atoms with Crippen LogP contribution in [0.3, 0.4) is 0 Å².